The van der Waals surface area contributed by atoms with Crippen molar-refractivity contribution < 1.29 is 0 Å². The molecule has 3 aromatic rings. The highest BCUT2D eigenvalue weighted by molar-refractivity contribution is 9.10. The molecule has 0 N–H and O–H groups in total. The van der Waals surface area contributed by atoms with E-state index in [1.54, 1.807) is 0 Å². The lowest BCUT2D eigenvalue weighted by Gasteiger charge is -2.03. The lowest BCUT2D eigenvalue weighted by atomic mass is 10.1. The fourth-order valence-corrected chi connectivity index (χ4v) is 2.26. The zero-order valence-corrected chi connectivity index (χ0v) is 10.7. The molecule has 0 atom stereocenters. The molecule has 82 valence electrons. The molecule has 0 saturated carbocycles. The number of aromatic nitrogens is 1. The summed E-state index contributed by atoms with van der Waals surface area (Å²) in [6.07, 6.45) is 1.92. The van der Waals surface area contributed by atoms with Gasteiger partial charge in [-0.25, -0.2) is 0 Å². The average Bonchev–Trinajstić information content (AvgIpc) is 2.39. The van der Waals surface area contributed by atoms with Crippen LogP contribution in [0.15, 0.2) is 65.3 Å². The standard InChI is InChI=1S/C15H10BrN/c16-14-7-6-12-9-15(17-10-13(12)8-14)11-4-2-1-3-5-11/h1-10H. The Labute approximate surface area is 108 Å². The number of hydrogen-bond donors (Lipinski definition) is 0. The van der Waals surface area contributed by atoms with Crippen molar-refractivity contribution in [2.75, 3.05) is 0 Å². The van der Waals surface area contributed by atoms with Gasteiger partial charge >= 0.3 is 0 Å². The second-order valence-corrected chi connectivity index (χ2v) is 4.84. The Kier molecular flexibility index (Phi) is 2.65. The SMILES string of the molecule is Brc1ccc2cc(-c3ccccc3)ncc2c1. The van der Waals surface area contributed by atoms with Gasteiger partial charge in [-0.3, -0.25) is 4.98 Å². The van der Waals surface area contributed by atoms with Crippen LogP contribution in [0.5, 0.6) is 0 Å². The van der Waals surface area contributed by atoms with Crippen molar-refractivity contribution in [2.45, 2.75) is 0 Å². The first-order valence-electron chi connectivity index (χ1n) is 5.44. The summed E-state index contributed by atoms with van der Waals surface area (Å²) in [5.41, 5.74) is 2.16. The summed E-state index contributed by atoms with van der Waals surface area (Å²) in [6.45, 7) is 0. The fraction of sp³-hybridized carbons (Fsp3) is 0. The van der Waals surface area contributed by atoms with Gasteiger partial charge in [0.15, 0.2) is 0 Å². The predicted molar refractivity (Wildman–Crippen MR) is 74.9 cm³/mol. The van der Waals surface area contributed by atoms with E-state index in [0.717, 1.165) is 21.1 Å². The molecule has 0 spiro atoms. The van der Waals surface area contributed by atoms with Crippen molar-refractivity contribution >= 4 is 26.7 Å². The van der Waals surface area contributed by atoms with Gasteiger partial charge in [0.2, 0.25) is 0 Å². The molecule has 0 radical (unpaired) electrons. The molecule has 3 rings (SSSR count). The minimum atomic E-state index is 1.01. The maximum Gasteiger partial charge on any atom is 0.0708 e. The lowest BCUT2D eigenvalue weighted by Crippen LogP contribution is -1.83. The van der Waals surface area contributed by atoms with Crippen molar-refractivity contribution in [3.63, 3.8) is 0 Å². The smallest absolute Gasteiger partial charge is 0.0708 e. The lowest BCUT2D eigenvalue weighted by molar-refractivity contribution is 1.35. The van der Waals surface area contributed by atoms with Gasteiger partial charge in [0.05, 0.1) is 5.69 Å². The Balaban J connectivity index is 2.17. The molecule has 0 aliphatic carbocycles. The topological polar surface area (TPSA) is 12.9 Å². The summed E-state index contributed by atoms with van der Waals surface area (Å²) in [5.74, 6) is 0. The van der Waals surface area contributed by atoms with Crippen LogP contribution in [0.4, 0.5) is 0 Å². The number of halogens is 1. The van der Waals surface area contributed by atoms with E-state index in [4.69, 9.17) is 0 Å². The fourth-order valence-electron chi connectivity index (χ4n) is 1.88. The van der Waals surface area contributed by atoms with Crippen molar-refractivity contribution in [3.8, 4) is 11.3 Å². The second kappa shape index (κ2) is 4.30. The summed E-state index contributed by atoms with van der Waals surface area (Å²) >= 11 is 3.47. The van der Waals surface area contributed by atoms with E-state index in [1.165, 1.54) is 5.39 Å². The zero-order chi connectivity index (χ0) is 11.7. The van der Waals surface area contributed by atoms with Crippen LogP contribution < -0.4 is 0 Å². The molecule has 0 aliphatic rings. The van der Waals surface area contributed by atoms with Gasteiger partial charge in [0, 0.05) is 21.6 Å². The van der Waals surface area contributed by atoms with E-state index in [0.29, 0.717) is 0 Å². The van der Waals surface area contributed by atoms with Gasteiger partial charge in [-0.1, -0.05) is 52.3 Å². The van der Waals surface area contributed by atoms with Crippen molar-refractivity contribution in [1.29, 1.82) is 0 Å². The van der Waals surface area contributed by atoms with Crippen LogP contribution in [0.3, 0.4) is 0 Å². The Morgan fingerprint density at radius 1 is 0.824 bits per heavy atom. The molecule has 2 heteroatoms. The largest absolute Gasteiger partial charge is 0.256 e. The molecule has 0 fully saturated rings. The zero-order valence-electron chi connectivity index (χ0n) is 9.10. The molecular formula is C15H10BrN. The van der Waals surface area contributed by atoms with E-state index in [9.17, 15) is 0 Å². The van der Waals surface area contributed by atoms with Crippen LogP contribution >= 0.6 is 15.9 Å². The van der Waals surface area contributed by atoms with Gasteiger partial charge in [-0.2, -0.15) is 0 Å². The minimum absolute atomic E-state index is 1.01. The summed E-state index contributed by atoms with van der Waals surface area (Å²) in [7, 11) is 0. The van der Waals surface area contributed by atoms with Crippen LogP contribution in [-0.4, -0.2) is 4.98 Å². The monoisotopic (exact) mass is 283 g/mol. The van der Waals surface area contributed by atoms with Gasteiger partial charge < -0.3 is 0 Å². The molecule has 1 aromatic heterocycles. The highest BCUT2D eigenvalue weighted by atomic mass is 79.9. The Morgan fingerprint density at radius 2 is 1.65 bits per heavy atom. The number of fused-ring (bicyclic) bond motifs is 1. The quantitative estimate of drug-likeness (QED) is 0.633. The summed E-state index contributed by atoms with van der Waals surface area (Å²) in [6, 6.07) is 18.6. The van der Waals surface area contributed by atoms with Crippen LogP contribution in [0.1, 0.15) is 0 Å². The van der Waals surface area contributed by atoms with Crippen LogP contribution in [0.2, 0.25) is 0 Å². The molecular weight excluding hydrogens is 274 g/mol. The summed E-state index contributed by atoms with van der Waals surface area (Å²) < 4.78 is 1.08. The van der Waals surface area contributed by atoms with Crippen molar-refractivity contribution in [2.24, 2.45) is 0 Å². The van der Waals surface area contributed by atoms with E-state index < -0.39 is 0 Å². The van der Waals surface area contributed by atoms with Gasteiger partial charge in [-0.15, -0.1) is 0 Å². The normalized spacial score (nSPS) is 10.6. The molecule has 2 aromatic carbocycles. The van der Waals surface area contributed by atoms with E-state index >= 15 is 0 Å². The van der Waals surface area contributed by atoms with Gasteiger partial charge in [0.1, 0.15) is 0 Å². The maximum absolute atomic E-state index is 4.50. The number of hydrogen-bond acceptors (Lipinski definition) is 1. The third-order valence-electron chi connectivity index (χ3n) is 2.75. The molecule has 0 aliphatic heterocycles. The highest BCUT2D eigenvalue weighted by Crippen LogP contribution is 2.24. The van der Waals surface area contributed by atoms with Crippen molar-refractivity contribution in [3.05, 3.63) is 65.3 Å². The molecule has 0 bridgehead atoms. The highest BCUT2D eigenvalue weighted by Gasteiger charge is 2.00. The van der Waals surface area contributed by atoms with E-state index in [1.807, 2.05) is 24.4 Å². The first kappa shape index (κ1) is 10.5. The average molecular weight is 284 g/mol. The number of nitrogens with zero attached hydrogens (tertiary/aromatic N) is 1. The molecule has 0 unspecified atom stereocenters. The van der Waals surface area contributed by atoms with Crippen LogP contribution in [-0.2, 0) is 0 Å². The van der Waals surface area contributed by atoms with Crippen molar-refractivity contribution in [1.82, 2.24) is 4.98 Å². The summed E-state index contributed by atoms with van der Waals surface area (Å²) in [4.78, 5) is 4.50. The number of benzene rings is 2. The molecule has 17 heavy (non-hydrogen) atoms. The Bertz CT molecular complexity index is 662. The van der Waals surface area contributed by atoms with E-state index in [-0.39, 0.29) is 0 Å². The van der Waals surface area contributed by atoms with Gasteiger partial charge in [-0.05, 0) is 23.6 Å². The minimum Gasteiger partial charge on any atom is -0.256 e. The number of pyridine rings is 1. The molecule has 0 saturated heterocycles. The van der Waals surface area contributed by atoms with Crippen LogP contribution in [0.25, 0.3) is 22.0 Å². The first-order valence-corrected chi connectivity index (χ1v) is 6.23. The predicted octanol–water partition coefficient (Wildman–Crippen LogP) is 4.66. The molecule has 0 amide bonds. The number of rotatable bonds is 1. The third-order valence-corrected chi connectivity index (χ3v) is 3.25. The molecule has 1 heterocycles. The Morgan fingerprint density at radius 3 is 2.47 bits per heavy atom. The molecule has 1 nitrogen and oxygen atoms in total. The second-order valence-electron chi connectivity index (χ2n) is 3.93. The Hall–Kier alpha value is -1.67. The maximum atomic E-state index is 4.50. The summed E-state index contributed by atoms with van der Waals surface area (Å²) in [5, 5.41) is 2.36. The van der Waals surface area contributed by atoms with Gasteiger partial charge in [0.25, 0.3) is 0 Å². The van der Waals surface area contributed by atoms with Crippen LogP contribution in [0, 0.1) is 0 Å². The van der Waals surface area contributed by atoms with E-state index in [2.05, 4.69) is 57.3 Å². The first-order chi connectivity index (χ1) is 8.33. The third kappa shape index (κ3) is 2.08.